The van der Waals surface area contributed by atoms with E-state index in [4.69, 9.17) is 4.74 Å². The predicted octanol–water partition coefficient (Wildman–Crippen LogP) is 1.10. The summed E-state index contributed by atoms with van der Waals surface area (Å²) in [5.74, 6) is -0.0366. The van der Waals surface area contributed by atoms with E-state index in [2.05, 4.69) is 21.7 Å². The lowest BCUT2D eigenvalue weighted by atomic mass is 10.00. The van der Waals surface area contributed by atoms with Crippen LogP contribution in [0, 0.1) is 0 Å². The summed E-state index contributed by atoms with van der Waals surface area (Å²) in [6.45, 7) is 1.08. The third-order valence-electron chi connectivity index (χ3n) is 4.08. The molecule has 6 heteroatoms. The molecule has 21 heavy (non-hydrogen) atoms. The minimum absolute atomic E-state index is 0.0213. The number of hydrogen-bond acceptors (Lipinski definition) is 3. The second kappa shape index (κ2) is 4.51. The van der Waals surface area contributed by atoms with Crippen LogP contribution in [0.1, 0.15) is 21.6 Å². The molecule has 1 atom stereocenters. The van der Waals surface area contributed by atoms with Gasteiger partial charge in [0.25, 0.3) is 5.91 Å². The lowest BCUT2D eigenvalue weighted by Crippen LogP contribution is -2.31. The van der Waals surface area contributed by atoms with E-state index in [1.807, 2.05) is 12.1 Å². The van der Waals surface area contributed by atoms with Crippen LogP contribution in [0.5, 0.6) is 0 Å². The number of fused-ring (bicyclic) bond motifs is 3. The Kier molecular flexibility index (Phi) is 2.63. The highest BCUT2D eigenvalue weighted by Crippen LogP contribution is 2.26. The average molecular weight is 285 g/mol. The standard InChI is InChI=1S/C15H15N3O3/c19-14-13-10(3-4-16-14)11-6-8(1-2-12(11)18-13)5-9-7-21-15(20)17-9/h1-2,6,9,18H,3-5,7H2,(H,16,19)(H,17,20)/t9-/m0/s1. The van der Waals surface area contributed by atoms with Gasteiger partial charge in [-0.2, -0.15) is 0 Å². The van der Waals surface area contributed by atoms with Crippen LogP contribution in [0.25, 0.3) is 10.9 Å². The van der Waals surface area contributed by atoms with Gasteiger partial charge in [0.2, 0.25) is 0 Å². The first-order valence-electron chi connectivity index (χ1n) is 7.05. The zero-order valence-electron chi connectivity index (χ0n) is 11.4. The molecule has 3 N–H and O–H groups in total. The molecule has 4 rings (SSSR count). The summed E-state index contributed by atoms with van der Waals surface area (Å²) in [5, 5.41) is 6.72. The number of benzene rings is 1. The van der Waals surface area contributed by atoms with Crippen molar-refractivity contribution in [2.45, 2.75) is 18.9 Å². The van der Waals surface area contributed by atoms with Crippen LogP contribution in [0.4, 0.5) is 4.79 Å². The number of amides is 2. The normalized spacial score (nSPS) is 20.9. The Morgan fingerprint density at radius 2 is 2.19 bits per heavy atom. The van der Waals surface area contributed by atoms with Crippen LogP contribution in [-0.2, 0) is 17.6 Å². The largest absolute Gasteiger partial charge is 0.447 e. The number of H-pyrrole nitrogens is 1. The first-order valence-corrected chi connectivity index (χ1v) is 7.05. The van der Waals surface area contributed by atoms with Crippen molar-refractivity contribution in [3.63, 3.8) is 0 Å². The van der Waals surface area contributed by atoms with Crippen molar-refractivity contribution in [1.29, 1.82) is 0 Å². The molecule has 1 fully saturated rings. The van der Waals surface area contributed by atoms with E-state index in [9.17, 15) is 9.59 Å². The number of carbonyl (C=O) groups is 2. The first-order chi connectivity index (χ1) is 10.2. The topological polar surface area (TPSA) is 83.2 Å². The molecule has 6 nitrogen and oxygen atoms in total. The van der Waals surface area contributed by atoms with Crippen LogP contribution in [-0.4, -0.2) is 36.2 Å². The number of carbonyl (C=O) groups excluding carboxylic acids is 2. The van der Waals surface area contributed by atoms with E-state index < -0.39 is 0 Å². The predicted molar refractivity (Wildman–Crippen MR) is 76.3 cm³/mol. The van der Waals surface area contributed by atoms with Crippen molar-refractivity contribution in [3.05, 3.63) is 35.0 Å². The highest BCUT2D eigenvalue weighted by atomic mass is 16.6. The van der Waals surface area contributed by atoms with Crippen molar-refractivity contribution in [2.24, 2.45) is 0 Å². The van der Waals surface area contributed by atoms with Crippen LogP contribution < -0.4 is 10.6 Å². The number of alkyl carbamates (subject to hydrolysis) is 1. The molecule has 0 spiro atoms. The summed E-state index contributed by atoms with van der Waals surface area (Å²) >= 11 is 0. The molecule has 0 aliphatic carbocycles. The fourth-order valence-electron chi connectivity index (χ4n) is 3.09. The van der Waals surface area contributed by atoms with E-state index in [1.54, 1.807) is 0 Å². The van der Waals surface area contributed by atoms with Crippen molar-refractivity contribution in [2.75, 3.05) is 13.2 Å². The SMILES string of the molecule is O=C1N[C@@H](Cc2ccc3[nH]c4c(c3c2)CCNC4=O)CO1. The lowest BCUT2D eigenvalue weighted by molar-refractivity contribution is 0.0942. The Balaban J connectivity index is 1.69. The molecule has 2 amide bonds. The van der Waals surface area contributed by atoms with Crippen molar-refractivity contribution in [3.8, 4) is 0 Å². The summed E-state index contributed by atoms with van der Waals surface area (Å²) in [6, 6.07) is 6.14. The minimum atomic E-state index is -0.350. The first kappa shape index (κ1) is 12.3. The molecule has 3 heterocycles. The molecule has 0 bridgehead atoms. The van der Waals surface area contributed by atoms with Gasteiger partial charge in [-0.05, 0) is 36.1 Å². The van der Waals surface area contributed by atoms with E-state index >= 15 is 0 Å². The minimum Gasteiger partial charge on any atom is -0.447 e. The fourth-order valence-corrected chi connectivity index (χ4v) is 3.09. The number of nitrogens with one attached hydrogen (secondary N) is 3. The molecule has 0 saturated carbocycles. The average Bonchev–Trinajstić information content (AvgIpc) is 3.04. The number of aromatic amines is 1. The molecule has 2 aliphatic heterocycles. The van der Waals surface area contributed by atoms with Crippen LogP contribution >= 0.6 is 0 Å². The molecule has 1 aromatic heterocycles. The smallest absolute Gasteiger partial charge is 0.407 e. The molecular weight excluding hydrogens is 270 g/mol. The highest BCUT2D eigenvalue weighted by molar-refractivity contribution is 6.02. The number of rotatable bonds is 2. The molecule has 0 radical (unpaired) electrons. The molecule has 1 aromatic carbocycles. The Hall–Kier alpha value is -2.50. The van der Waals surface area contributed by atoms with E-state index in [0.717, 1.165) is 34.9 Å². The van der Waals surface area contributed by atoms with Crippen molar-refractivity contribution < 1.29 is 14.3 Å². The van der Waals surface area contributed by atoms with Crippen molar-refractivity contribution in [1.82, 2.24) is 15.6 Å². The van der Waals surface area contributed by atoms with E-state index in [1.165, 1.54) is 0 Å². The summed E-state index contributed by atoms with van der Waals surface area (Å²) in [5.41, 5.74) is 3.87. The summed E-state index contributed by atoms with van der Waals surface area (Å²) < 4.78 is 4.91. The number of hydrogen-bond donors (Lipinski definition) is 3. The van der Waals surface area contributed by atoms with Gasteiger partial charge in [-0.25, -0.2) is 4.79 Å². The monoisotopic (exact) mass is 285 g/mol. The summed E-state index contributed by atoms with van der Waals surface area (Å²) in [6.07, 6.45) is 1.22. The van der Waals surface area contributed by atoms with Gasteiger partial charge in [-0.3, -0.25) is 4.79 Å². The molecule has 2 aliphatic rings. The quantitative estimate of drug-likeness (QED) is 0.772. The third kappa shape index (κ3) is 2.03. The molecule has 108 valence electrons. The summed E-state index contributed by atoms with van der Waals surface area (Å²) in [4.78, 5) is 26.1. The van der Waals surface area contributed by atoms with Gasteiger partial charge < -0.3 is 20.4 Å². The Morgan fingerprint density at radius 3 is 3.00 bits per heavy atom. The van der Waals surface area contributed by atoms with Crippen LogP contribution in [0.3, 0.4) is 0 Å². The van der Waals surface area contributed by atoms with Gasteiger partial charge in [0.05, 0.1) is 6.04 Å². The second-order valence-electron chi connectivity index (χ2n) is 5.51. The van der Waals surface area contributed by atoms with Gasteiger partial charge in [-0.1, -0.05) is 6.07 Å². The molecule has 1 saturated heterocycles. The maximum Gasteiger partial charge on any atom is 0.407 e. The maximum absolute atomic E-state index is 11.8. The van der Waals surface area contributed by atoms with Crippen LogP contribution in [0.15, 0.2) is 18.2 Å². The highest BCUT2D eigenvalue weighted by Gasteiger charge is 2.24. The van der Waals surface area contributed by atoms with Gasteiger partial charge >= 0.3 is 6.09 Å². The Labute approximate surface area is 120 Å². The fraction of sp³-hybridized carbons (Fsp3) is 0.333. The van der Waals surface area contributed by atoms with Gasteiger partial charge in [-0.15, -0.1) is 0 Å². The Bertz CT molecular complexity index is 750. The zero-order chi connectivity index (χ0) is 14.4. The number of aromatic nitrogens is 1. The second-order valence-corrected chi connectivity index (χ2v) is 5.51. The van der Waals surface area contributed by atoms with Crippen molar-refractivity contribution >= 4 is 22.9 Å². The molecule has 0 unspecified atom stereocenters. The van der Waals surface area contributed by atoms with Crippen LogP contribution in [0.2, 0.25) is 0 Å². The summed E-state index contributed by atoms with van der Waals surface area (Å²) in [7, 11) is 0. The number of ether oxygens (including phenoxy) is 1. The Morgan fingerprint density at radius 1 is 1.29 bits per heavy atom. The van der Waals surface area contributed by atoms with E-state index in [0.29, 0.717) is 18.8 Å². The third-order valence-corrected chi connectivity index (χ3v) is 4.08. The molecule has 2 aromatic rings. The lowest BCUT2D eigenvalue weighted by Gasteiger charge is -2.12. The van der Waals surface area contributed by atoms with Gasteiger partial charge in [0.1, 0.15) is 12.3 Å². The maximum atomic E-state index is 11.8. The zero-order valence-corrected chi connectivity index (χ0v) is 11.4. The molecular formula is C15H15N3O3. The van der Waals surface area contributed by atoms with Gasteiger partial charge in [0.15, 0.2) is 0 Å². The van der Waals surface area contributed by atoms with E-state index in [-0.39, 0.29) is 18.0 Å². The van der Waals surface area contributed by atoms with Gasteiger partial charge in [0, 0.05) is 17.4 Å². The number of cyclic esters (lactones) is 1.